The third-order valence-corrected chi connectivity index (χ3v) is 1.81. The molecule has 0 saturated heterocycles. The standard InChI is InChI=1S/C9H19NO4/c1-8(2,3)5-9(14-10,6-13-4)7(11)12/h5-6,10H2,1-4H3,(H,11,12)/t9-/m0/s1. The quantitative estimate of drug-likeness (QED) is 0.648. The molecule has 0 aromatic heterocycles. The molecule has 3 N–H and O–H groups in total. The monoisotopic (exact) mass is 205 g/mol. The van der Waals surface area contributed by atoms with Gasteiger partial charge in [-0.05, 0) is 11.8 Å². The molecule has 1 atom stereocenters. The van der Waals surface area contributed by atoms with Crippen LogP contribution in [0.25, 0.3) is 0 Å². The Labute approximate surface area is 84.1 Å². The molecule has 0 bridgehead atoms. The first-order valence-corrected chi connectivity index (χ1v) is 4.38. The maximum Gasteiger partial charge on any atom is 0.340 e. The van der Waals surface area contributed by atoms with Gasteiger partial charge in [-0.3, -0.25) is 4.84 Å². The van der Waals surface area contributed by atoms with E-state index in [2.05, 4.69) is 4.84 Å². The highest BCUT2D eigenvalue weighted by molar-refractivity contribution is 5.77. The van der Waals surface area contributed by atoms with E-state index in [1.807, 2.05) is 20.8 Å². The average molecular weight is 205 g/mol. The van der Waals surface area contributed by atoms with Gasteiger partial charge in [0.1, 0.15) is 0 Å². The third-order valence-electron chi connectivity index (χ3n) is 1.81. The lowest BCUT2D eigenvalue weighted by Gasteiger charge is -2.32. The van der Waals surface area contributed by atoms with E-state index in [1.54, 1.807) is 0 Å². The van der Waals surface area contributed by atoms with Crippen LogP contribution < -0.4 is 5.90 Å². The Morgan fingerprint density at radius 3 is 2.14 bits per heavy atom. The van der Waals surface area contributed by atoms with Gasteiger partial charge in [0.15, 0.2) is 0 Å². The van der Waals surface area contributed by atoms with E-state index in [-0.39, 0.29) is 12.0 Å². The van der Waals surface area contributed by atoms with Crippen molar-refractivity contribution < 1.29 is 19.5 Å². The van der Waals surface area contributed by atoms with Gasteiger partial charge >= 0.3 is 5.97 Å². The highest BCUT2D eigenvalue weighted by atomic mass is 16.7. The Hall–Kier alpha value is -0.650. The Bertz CT molecular complexity index is 199. The number of aliphatic carboxylic acids is 1. The van der Waals surface area contributed by atoms with Crippen molar-refractivity contribution in [3.05, 3.63) is 0 Å². The second-order valence-corrected chi connectivity index (χ2v) is 4.59. The third kappa shape index (κ3) is 3.61. The molecule has 0 aliphatic rings. The van der Waals surface area contributed by atoms with Crippen LogP contribution in [0, 0.1) is 5.41 Å². The fraction of sp³-hybridized carbons (Fsp3) is 0.889. The number of carbonyl (C=O) groups is 1. The van der Waals surface area contributed by atoms with Crippen LogP contribution in [0.5, 0.6) is 0 Å². The van der Waals surface area contributed by atoms with Gasteiger partial charge in [-0.15, -0.1) is 0 Å². The first-order valence-electron chi connectivity index (χ1n) is 4.38. The number of nitrogens with two attached hydrogens (primary N) is 1. The van der Waals surface area contributed by atoms with Gasteiger partial charge in [-0.1, -0.05) is 20.8 Å². The number of methoxy groups -OCH3 is 1. The summed E-state index contributed by atoms with van der Waals surface area (Å²) in [7, 11) is 1.42. The normalized spacial score (nSPS) is 16.4. The molecule has 0 aliphatic heterocycles. The highest BCUT2D eigenvalue weighted by Crippen LogP contribution is 2.29. The molecule has 5 nitrogen and oxygen atoms in total. The maximum atomic E-state index is 11.0. The zero-order chi connectivity index (χ0) is 11.4. The van der Waals surface area contributed by atoms with Crippen LogP contribution in [-0.4, -0.2) is 30.4 Å². The van der Waals surface area contributed by atoms with Gasteiger partial charge < -0.3 is 9.84 Å². The first-order chi connectivity index (χ1) is 6.27. The summed E-state index contributed by atoms with van der Waals surface area (Å²) in [5.41, 5.74) is -1.65. The minimum Gasteiger partial charge on any atom is -0.479 e. The van der Waals surface area contributed by atoms with Crippen LogP contribution >= 0.6 is 0 Å². The van der Waals surface area contributed by atoms with Crippen molar-refractivity contribution >= 4 is 5.97 Å². The summed E-state index contributed by atoms with van der Waals surface area (Å²) in [6.45, 7) is 5.69. The van der Waals surface area contributed by atoms with Gasteiger partial charge in [0.05, 0.1) is 6.61 Å². The highest BCUT2D eigenvalue weighted by Gasteiger charge is 2.43. The summed E-state index contributed by atoms with van der Waals surface area (Å²) in [5, 5.41) is 9.03. The van der Waals surface area contributed by atoms with E-state index in [0.717, 1.165) is 0 Å². The number of rotatable bonds is 5. The predicted octanol–water partition coefficient (Wildman–Crippen LogP) is 0.783. The molecule has 0 aromatic carbocycles. The van der Waals surface area contributed by atoms with Crippen LogP contribution in [0.15, 0.2) is 0 Å². The molecule has 0 heterocycles. The lowest BCUT2D eigenvalue weighted by atomic mass is 9.82. The molecule has 0 fully saturated rings. The predicted molar refractivity (Wildman–Crippen MR) is 51.6 cm³/mol. The molecule has 0 spiro atoms. The summed E-state index contributed by atoms with van der Waals surface area (Å²) in [4.78, 5) is 15.6. The number of ether oxygens (including phenoxy) is 1. The van der Waals surface area contributed by atoms with Crippen LogP contribution in [0.3, 0.4) is 0 Å². The molecule has 0 aromatic rings. The molecule has 0 unspecified atom stereocenters. The van der Waals surface area contributed by atoms with E-state index in [0.29, 0.717) is 6.42 Å². The van der Waals surface area contributed by atoms with Crippen molar-refractivity contribution in [3.63, 3.8) is 0 Å². The summed E-state index contributed by atoms with van der Waals surface area (Å²) in [6, 6.07) is 0. The van der Waals surface area contributed by atoms with E-state index in [1.165, 1.54) is 7.11 Å². The van der Waals surface area contributed by atoms with Crippen molar-refractivity contribution in [2.75, 3.05) is 13.7 Å². The number of hydrogen-bond donors (Lipinski definition) is 2. The molecule has 0 amide bonds. The summed E-state index contributed by atoms with van der Waals surface area (Å²) in [5.74, 6) is 3.94. The average Bonchev–Trinajstić information content (AvgIpc) is 2.00. The fourth-order valence-electron chi connectivity index (χ4n) is 1.40. The lowest BCUT2D eigenvalue weighted by Crippen LogP contribution is -2.50. The Kier molecular flexibility index (Phi) is 4.51. The van der Waals surface area contributed by atoms with Crippen molar-refractivity contribution in [2.24, 2.45) is 11.3 Å². The van der Waals surface area contributed by atoms with Crippen LogP contribution in [0.2, 0.25) is 0 Å². The SMILES string of the molecule is COC[C@](CC(C)(C)C)(ON)C(=O)O. The van der Waals surface area contributed by atoms with Crippen molar-refractivity contribution in [1.82, 2.24) is 0 Å². The van der Waals surface area contributed by atoms with Crippen molar-refractivity contribution in [3.8, 4) is 0 Å². The summed E-state index contributed by atoms with van der Waals surface area (Å²) < 4.78 is 4.82. The topological polar surface area (TPSA) is 81.8 Å². The van der Waals surface area contributed by atoms with E-state index in [9.17, 15) is 4.79 Å². The maximum absolute atomic E-state index is 11.0. The Balaban J connectivity index is 4.76. The molecule has 84 valence electrons. The molecule has 0 radical (unpaired) electrons. The lowest BCUT2D eigenvalue weighted by molar-refractivity contribution is -0.180. The number of carboxylic acid groups (broad SMARTS) is 1. The van der Waals surface area contributed by atoms with E-state index < -0.39 is 11.6 Å². The van der Waals surface area contributed by atoms with Gasteiger partial charge in [0.25, 0.3) is 0 Å². The second-order valence-electron chi connectivity index (χ2n) is 4.59. The van der Waals surface area contributed by atoms with Gasteiger partial charge in [-0.2, -0.15) is 0 Å². The zero-order valence-corrected chi connectivity index (χ0v) is 9.16. The second kappa shape index (κ2) is 4.72. The molecular formula is C9H19NO4. The first kappa shape index (κ1) is 13.4. The number of carboxylic acids is 1. The van der Waals surface area contributed by atoms with Gasteiger partial charge in [0.2, 0.25) is 5.60 Å². The zero-order valence-electron chi connectivity index (χ0n) is 9.16. The minimum atomic E-state index is -1.45. The molecule has 5 heteroatoms. The fourth-order valence-corrected chi connectivity index (χ4v) is 1.40. The Morgan fingerprint density at radius 1 is 1.43 bits per heavy atom. The molecule has 0 saturated carbocycles. The van der Waals surface area contributed by atoms with E-state index >= 15 is 0 Å². The van der Waals surface area contributed by atoms with Crippen molar-refractivity contribution in [1.29, 1.82) is 0 Å². The van der Waals surface area contributed by atoms with Crippen LogP contribution in [0.1, 0.15) is 27.2 Å². The van der Waals surface area contributed by atoms with E-state index in [4.69, 9.17) is 15.7 Å². The molecule has 0 aliphatic carbocycles. The van der Waals surface area contributed by atoms with Crippen molar-refractivity contribution in [2.45, 2.75) is 32.8 Å². The molecule has 14 heavy (non-hydrogen) atoms. The number of hydrogen-bond acceptors (Lipinski definition) is 4. The van der Waals surface area contributed by atoms with Gasteiger partial charge in [-0.25, -0.2) is 10.7 Å². The van der Waals surface area contributed by atoms with Crippen LogP contribution in [0.4, 0.5) is 0 Å². The minimum absolute atomic E-state index is 0.0594. The Morgan fingerprint density at radius 2 is 1.93 bits per heavy atom. The summed E-state index contributed by atoms with van der Waals surface area (Å²) >= 11 is 0. The smallest absolute Gasteiger partial charge is 0.340 e. The van der Waals surface area contributed by atoms with Gasteiger partial charge in [0, 0.05) is 7.11 Å². The largest absolute Gasteiger partial charge is 0.479 e. The molecule has 0 rings (SSSR count). The molecular weight excluding hydrogens is 186 g/mol. The summed E-state index contributed by atoms with van der Waals surface area (Å²) in [6.07, 6.45) is 0.291. The van der Waals surface area contributed by atoms with Crippen LogP contribution in [-0.2, 0) is 14.4 Å².